The second kappa shape index (κ2) is 5.54. The summed E-state index contributed by atoms with van der Waals surface area (Å²) >= 11 is 0. The van der Waals surface area contributed by atoms with Gasteiger partial charge in [-0.1, -0.05) is 68.1 Å². The molecule has 1 atom stereocenters. The summed E-state index contributed by atoms with van der Waals surface area (Å²) in [6.45, 7) is 5.69. The van der Waals surface area contributed by atoms with E-state index in [1.165, 1.54) is 16.7 Å². The van der Waals surface area contributed by atoms with Gasteiger partial charge in [-0.2, -0.15) is 0 Å². The van der Waals surface area contributed by atoms with E-state index < -0.39 is 0 Å². The molecule has 0 aliphatic carbocycles. The first-order valence-electron chi connectivity index (χ1n) is 6.19. The molecule has 0 aliphatic rings. The van der Waals surface area contributed by atoms with Crippen molar-refractivity contribution in [1.29, 1.82) is 0 Å². The van der Waals surface area contributed by atoms with Crippen LogP contribution in [0, 0.1) is 0 Å². The summed E-state index contributed by atoms with van der Waals surface area (Å²) in [7, 11) is 0. The predicted molar refractivity (Wildman–Crippen MR) is 76.7 cm³/mol. The molecule has 2 aromatic carbocycles. The first-order chi connectivity index (χ1) is 8.68. The van der Waals surface area contributed by atoms with Gasteiger partial charge in [0.05, 0.1) is 5.76 Å². The van der Waals surface area contributed by atoms with Gasteiger partial charge in [-0.25, -0.2) is 0 Å². The molecule has 0 amide bonds. The molecule has 0 spiro atoms. The molecule has 2 aromatic rings. The fourth-order valence-electron chi connectivity index (χ4n) is 2.27. The van der Waals surface area contributed by atoms with E-state index in [1.54, 1.807) is 0 Å². The number of aliphatic hydroxyl groups is 1. The predicted octanol–water partition coefficient (Wildman–Crippen LogP) is 4.92. The normalized spacial score (nSPS) is 12.1. The van der Waals surface area contributed by atoms with Crippen molar-refractivity contribution in [2.24, 2.45) is 0 Å². The van der Waals surface area contributed by atoms with Crippen molar-refractivity contribution in [2.45, 2.75) is 19.3 Å². The lowest BCUT2D eigenvalue weighted by atomic mass is 9.89. The molecule has 1 N–H and O–H groups in total. The number of benzene rings is 2. The Balaban J connectivity index is 2.40. The van der Waals surface area contributed by atoms with Crippen molar-refractivity contribution in [1.82, 2.24) is 0 Å². The lowest BCUT2D eigenvalue weighted by Gasteiger charge is -2.16. The van der Waals surface area contributed by atoms with E-state index in [0.717, 1.165) is 0 Å². The van der Waals surface area contributed by atoms with E-state index in [2.05, 4.69) is 37.8 Å². The van der Waals surface area contributed by atoms with Gasteiger partial charge < -0.3 is 5.11 Å². The molecule has 0 aromatic heterocycles. The smallest absolute Gasteiger partial charge is 0.0857 e. The molecule has 0 heterocycles. The van der Waals surface area contributed by atoms with Gasteiger partial charge in [0, 0.05) is 6.42 Å². The zero-order valence-corrected chi connectivity index (χ0v) is 10.6. The third kappa shape index (κ3) is 2.80. The highest BCUT2D eigenvalue weighted by atomic mass is 16.3. The summed E-state index contributed by atoms with van der Waals surface area (Å²) in [5.74, 6) is 0.504. The molecule has 1 nitrogen and oxygen atoms in total. The van der Waals surface area contributed by atoms with Crippen LogP contribution in [0.3, 0.4) is 0 Å². The zero-order chi connectivity index (χ0) is 13.0. The first kappa shape index (κ1) is 12.4. The highest BCUT2D eigenvalue weighted by molar-refractivity contribution is 5.67. The van der Waals surface area contributed by atoms with Gasteiger partial charge in [0.1, 0.15) is 0 Å². The number of rotatable bonds is 4. The third-order valence-corrected chi connectivity index (χ3v) is 3.12. The molecule has 2 rings (SSSR count). The van der Waals surface area contributed by atoms with Crippen LogP contribution < -0.4 is 0 Å². The second-order valence-corrected chi connectivity index (χ2v) is 4.62. The Morgan fingerprint density at radius 3 is 2.33 bits per heavy atom. The highest BCUT2D eigenvalue weighted by Crippen LogP contribution is 2.31. The van der Waals surface area contributed by atoms with Crippen LogP contribution >= 0.6 is 0 Å². The number of hydrogen-bond donors (Lipinski definition) is 1. The molecule has 0 saturated carbocycles. The quantitative estimate of drug-likeness (QED) is 0.750. The van der Waals surface area contributed by atoms with Crippen molar-refractivity contribution in [3.63, 3.8) is 0 Å². The van der Waals surface area contributed by atoms with E-state index in [-0.39, 0.29) is 11.7 Å². The van der Waals surface area contributed by atoms with Crippen LogP contribution in [-0.4, -0.2) is 5.11 Å². The van der Waals surface area contributed by atoms with Gasteiger partial charge in [0.25, 0.3) is 0 Å². The van der Waals surface area contributed by atoms with Crippen molar-refractivity contribution in [3.05, 3.63) is 72.5 Å². The first-order valence-corrected chi connectivity index (χ1v) is 6.19. The molecular formula is C17H18O. The maximum absolute atomic E-state index is 9.35. The summed E-state index contributed by atoms with van der Waals surface area (Å²) < 4.78 is 0. The molecule has 18 heavy (non-hydrogen) atoms. The summed E-state index contributed by atoms with van der Waals surface area (Å²) in [6.07, 6.45) is 0.601. The monoisotopic (exact) mass is 238 g/mol. The lowest BCUT2D eigenvalue weighted by molar-refractivity contribution is 0.380. The molecular weight excluding hydrogens is 220 g/mol. The van der Waals surface area contributed by atoms with Gasteiger partial charge in [0.15, 0.2) is 0 Å². The van der Waals surface area contributed by atoms with E-state index in [9.17, 15) is 5.11 Å². The fraction of sp³-hybridized carbons (Fsp3) is 0.176. The largest absolute Gasteiger partial charge is 0.513 e. The Hall–Kier alpha value is -2.02. The number of hydrogen-bond acceptors (Lipinski definition) is 1. The van der Waals surface area contributed by atoms with Crippen molar-refractivity contribution in [3.8, 4) is 11.1 Å². The average molecular weight is 238 g/mol. The SMILES string of the molecule is C=C(O)CC(C)c1ccccc1-c1ccccc1. The Kier molecular flexibility index (Phi) is 3.83. The lowest BCUT2D eigenvalue weighted by Crippen LogP contribution is -1.98. The Morgan fingerprint density at radius 1 is 1.06 bits per heavy atom. The minimum atomic E-state index is 0.241. The standard InChI is InChI=1S/C17H18O/c1-13(12-14(2)18)16-10-6-7-11-17(16)15-8-4-3-5-9-15/h3-11,13,18H,2,12H2,1H3. The van der Waals surface area contributed by atoms with Gasteiger partial charge in [-0.05, 0) is 22.6 Å². The van der Waals surface area contributed by atoms with Crippen LogP contribution in [0.4, 0.5) is 0 Å². The minimum absolute atomic E-state index is 0.241. The number of allylic oxidation sites excluding steroid dienone is 1. The third-order valence-electron chi connectivity index (χ3n) is 3.12. The van der Waals surface area contributed by atoms with Crippen LogP contribution in [-0.2, 0) is 0 Å². The minimum Gasteiger partial charge on any atom is -0.513 e. The zero-order valence-electron chi connectivity index (χ0n) is 10.6. The van der Waals surface area contributed by atoms with E-state index in [0.29, 0.717) is 6.42 Å². The topological polar surface area (TPSA) is 20.2 Å². The maximum Gasteiger partial charge on any atom is 0.0857 e. The van der Waals surface area contributed by atoms with E-state index in [1.807, 2.05) is 30.3 Å². The molecule has 0 saturated heterocycles. The van der Waals surface area contributed by atoms with Crippen molar-refractivity contribution < 1.29 is 5.11 Å². The Bertz CT molecular complexity index is 528. The summed E-state index contributed by atoms with van der Waals surface area (Å²) in [6, 6.07) is 18.7. The van der Waals surface area contributed by atoms with Crippen LogP contribution in [0.15, 0.2) is 66.9 Å². The fourth-order valence-corrected chi connectivity index (χ4v) is 2.27. The Labute approximate surface area is 108 Å². The average Bonchev–Trinajstić information content (AvgIpc) is 2.39. The molecule has 1 unspecified atom stereocenters. The van der Waals surface area contributed by atoms with Crippen LogP contribution in [0.1, 0.15) is 24.8 Å². The molecule has 0 fully saturated rings. The van der Waals surface area contributed by atoms with E-state index >= 15 is 0 Å². The maximum atomic E-state index is 9.35. The van der Waals surface area contributed by atoms with Crippen LogP contribution in [0.25, 0.3) is 11.1 Å². The van der Waals surface area contributed by atoms with Crippen LogP contribution in [0.2, 0.25) is 0 Å². The molecule has 0 aliphatic heterocycles. The van der Waals surface area contributed by atoms with Gasteiger partial charge in [0.2, 0.25) is 0 Å². The molecule has 92 valence electrons. The number of aliphatic hydroxyl groups excluding tert-OH is 1. The van der Waals surface area contributed by atoms with Crippen molar-refractivity contribution in [2.75, 3.05) is 0 Å². The molecule has 0 bridgehead atoms. The molecule has 0 radical (unpaired) electrons. The Morgan fingerprint density at radius 2 is 1.67 bits per heavy atom. The van der Waals surface area contributed by atoms with Gasteiger partial charge in [-0.3, -0.25) is 0 Å². The van der Waals surface area contributed by atoms with Gasteiger partial charge >= 0.3 is 0 Å². The highest BCUT2D eigenvalue weighted by Gasteiger charge is 2.12. The second-order valence-electron chi connectivity index (χ2n) is 4.62. The molecule has 1 heteroatoms. The van der Waals surface area contributed by atoms with Crippen molar-refractivity contribution >= 4 is 0 Å². The van der Waals surface area contributed by atoms with Crippen LogP contribution in [0.5, 0.6) is 0 Å². The van der Waals surface area contributed by atoms with E-state index in [4.69, 9.17) is 0 Å². The summed E-state index contributed by atoms with van der Waals surface area (Å²) in [4.78, 5) is 0. The summed E-state index contributed by atoms with van der Waals surface area (Å²) in [5, 5.41) is 9.35. The summed E-state index contributed by atoms with van der Waals surface area (Å²) in [5.41, 5.74) is 3.69. The van der Waals surface area contributed by atoms with Gasteiger partial charge in [-0.15, -0.1) is 0 Å².